The summed E-state index contributed by atoms with van der Waals surface area (Å²) in [5.41, 5.74) is 3.52. The molecule has 0 unspecified atom stereocenters. The predicted octanol–water partition coefficient (Wildman–Crippen LogP) is 4.62. The van der Waals surface area contributed by atoms with Crippen LogP contribution in [0.1, 0.15) is 37.3 Å². The second-order valence-electron chi connectivity index (χ2n) is 6.15. The fourth-order valence-corrected chi connectivity index (χ4v) is 2.81. The molecule has 0 aliphatic carbocycles. The van der Waals surface area contributed by atoms with Crippen molar-refractivity contribution in [3.8, 4) is 0 Å². The summed E-state index contributed by atoms with van der Waals surface area (Å²) in [7, 11) is 0. The van der Waals surface area contributed by atoms with Crippen LogP contribution in [0.5, 0.6) is 0 Å². The van der Waals surface area contributed by atoms with Gasteiger partial charge in [0.15, 0.2) is 0 Å². The molecule has 1 amide bonds. The molecule has 0 aliphatic heterocycles. The number of para-hydroxylation sites is 1. The van der Waals surface area contributed by atoms with E-state index in [1.165, 1.54) is 5.56 Å². The predicted molar refractivity (Wildman–Crippen MR) is 102 cm³/mol. The summed E-state index contributed by atoms with van der Waals surface area (Å²) in [6, 6.07) is 16.0. The maximum atomic E-state index is 11.9. The summed E-state index contributed by atoms with van der Waals surface area (Å²) in [6.07, 6.45) is 1.25. The van der Waals surface area contributed by atoms with Gasteiger partial charge in [-0.3, -0.25) is 4.79 Å². The minimum atomic E-state index is 0.0616. The number of nitrogens with one attached hydrogen (secondary N) is 2. The van der Waals surface area contributed by atoms with Crippen LogP contribution >= 0.6 is 11.6 Å². The van der Waals surface area contributed by atoms with E-state index < -0.39 is 0 Å². The van der Waals surface area contributed by atoms with Crippen LogP contribution in [0.4, 0.5) is 5.69 Å². The molecule has 0 bridgehead atoms. The van der Waals surface area contributed by atoms with Gasteiger partial charge in [0, 0.05) is 30.2 Å². The zero-order valence-electron chi connectivity index (χ0n) is 14.3. The van der Waals surface area contributed by atoms with Gasteiger partial charge in [-0.25, -0.2) is 0 Å². The molecule has 3 nitrogen and oxygen atoms in total. The average Bonchev–Trinajstić information content (AvgIpc) is 2.55. The first kappa shape index (κ1) is 18.3. The Bertz CT molecular complexity index is 670. The molecule has 0 saturated carbocycles. The molecule has 0 fully saturated rings. The molecule has 0 aliphatic rings. The van der Waals surface area contributed by atoms with Gasteiger partial charge < -0.3 is 10.6 Å². The standard InChI is InChI=1S/C20H25ClN2O/c1-15(2)18-8-3-4-9-19(18)22-13-11-20(24)23-12-10-16-6-5-7-17(21)14-16/h3-9,14-15,22H,10-13H2,1-2H3,(H,23,24). The van der Waals surface area contributed by atoms with E-state index in [9.17, 15) is 4.79 Å². The van der Waals surface area contributed by atoms with Gasteiger partial charge >= 0.3 is 0 Å². The van der Waals surface area contributed by atoms with Crippen molar-refractivity contribution in [1.29, 1.82) is 0 Å². The van der Waals surface area contributed by atoms with Gasteiger partial charge in [0.2, 0.25) is 5.91 Å². The summed E-state index contributed by atoms with van der Waals surface area (Å²) >= 11 is 5.95. The van der Waals surface area contributed by atoms with Crippen LogP contribution in [0.25, 0.3) is 0 Å². The van der Waals surface area contributed by atoms with Crippen molar-refractivity contribution < 1.29 is 4.79 Å². The SMILES string of the molecule is CC(C)c1ccccc1NCCC(=O)NCCc1cccc(Cl)c1. The highest BCUT2D eigenvalue weighted by molar-refractivity contribution is 6.30. The third kappa shape index (κ3) is 5.89. The highest BCUT2D eigenvalue weighted by Crippen LogP contribution is 2.23. The first-order valence-corrected chi connectivity index (χ1v) is 8.78. The maximum Gasteiger partial charge on any atom is 0.221 e. The molecule has 0 aromatic heterocycles. The Hall–Kier alpha value is -2.00. The van der Waals surface area contributed by atoms with Crippen LogP contribution in [0.3, 0.4) is 0 Å². The Balaban J connectivity index is 1.70. The molecule has 128 valence electrons. The zero-order chi connectivity index (χ0) is 17.4. The number of benzene rings is 2. The lowest BCUT2D eigenvalue weighted by Gasteiger charge is -2.14. The third-order valence-corrected chi connectivity index (χ3v) is 4.11. The first-order valence-electron chi connectivity index (χ1n) is 8.40. The molecule has 0 spiro atoms. The van der Waals surface area contributed by atoms with Crippen molar-refractivity contribution in [2.75, 3.05) is 18.4 Å². The molecule has 2 aromatic rings. The van der Waals surface area contributed by atoms with Gasteiger partial charge in [-0.15, -0.1) is 0 Å². The van der Waals surface area contributed by atoms with Gasteiger partial charge in [-0.2, -0.15) is 0 Å². The lowest BCUT2D eigenvalue weighted by molar-refractivity contribution is -0.120. The number of halogens is 1. The second-order valence-corrected chi connectivity index (χ2v) is 6.59. The van der Waals surface area contributed by atoms with E-state index in [1.807, 2.05) is 36.4 Å². The summed E-state index contributed by atoms with van der Waals surface area (Å²) in [5.74, 6) is 0.520. The van der Waals surface area contributed by atoms with Gasteiger partial charge in [0.1, 0.15) is 0 Å². The molecular formula is C20H25ClN2O. The quantitative estimate of drug-likeness (QED) is 0.733. The Morgan fingerprint density at radius 3 is 2.62 bits per heavy atom. The first-order chi connectivity index (χ1) is 11.6. The number of carbonyl (C=O) groups is 1. The number of hydrogen-bond acceptors (Lipinski definition) is 2. The molecular weight excluding hydrogens is 320 g/mol. The fraction of sp³-hybridized carbons (Fsp3) is 0.350. The molecule has 0 saturated heterocycles. The summed E-state index contributed by atoms with van der Waals surface area (Å²) in [5, 5.41) is 7.04. The van der Waals surface area contributed by atoms with Crippen molar-refractivity contribution in [3.63, 3.8) is 0 Å². The fourth-order valence-electron chi connectivity index (χ4n) is 2.60. The Labute approximate surface area is 149 Å². The van der Waals surface area contributed by atoms with E-state index in [-0.39, 0.29) is 5.91 Å². The maximum absolute atomic E-state index is 11.9. The smallest absolute Gasteiger partial charge is 0.221 e. The number of carbonyl (C=O) groups excluding carboxylic acids is 1. The van der Waals surface area contributed by atoms with Crippen LogP contribution in [0, 0.1) is 0 Å². The van der Waals surface area contributed by atoms with E-state index in [1.54, 1.807) is 0 Å². The minimum absolute atomic E-state index is 0.0616. The van der Waals surface area contributed by atoms with Crippen molar-refractivity contribution in [3.05, 3.63) is 64.7 Å². The van der Waals surface area contributed by atoms with Gasteiger partial charge in [-0.05, 0) is 41.7 Å². The van der Waals surface area contributed by atoms with E-state index in [4.69, 9.17) is 11.6 Å². The van der Waals surface area contributed by atoms with E-state index >= 15 is 0 Å². The monoisotopic (exact) mass is 344 g/mol. The topological polar surface area (TPSA) is 41.1 Å². The Morgan fingerprint density at radius 2 is 1.88 bits per heavy atom. The summed E-state index contributed by atoms with van der Waals surface area (Å²) < 4.78 is 0. The normalized spacial score (nSPS) is 10.7. The molecule has 2 N–H and O–H groups in total. The third-order valence-electron chi connectivity index (χ3n) is 3.88. The van der Waals surface area contributed by atoms with Crippen LogP contribution in [0.2, 0.25) is 5.02 Å². The number of hydrogen-bond donors (Lipinski definition) is 2. The highest BCUT2D eigenvalue weighted by atomic mass is 35.5. The lowest BCUT2D eigenvalue weighted by atomic mass is 10.0. The highest BCUT2D eigenvalue weighted by Gasteiger charge is 2.06. The lowest BCUT2D eigenvalue weighted by Crippen LogP contribution is -2.27. The van der Waals surface area contributed by atoms with E-state index in [0.717, 1.165) is 22.7 Å². The largest absolute Gasteiger partial charge is 0.384 e. The van der Waals surface area contributed by atoms with E-state index in [0.29, 0.717) is 25.4 Å². The Morgan fingerprint density at radius 1 is 1.08 bits per heavy atom. The van der Waals surface area contributed by atoms with Crippen LogP contribution in [-0.4, -0.2) is 19.0 Å². The molecule has 24 heavy (non-hydrogen) atoms. The number of anilines is 1. The van der Waals surface area contributed by atoms with Crippen molar-refractivity contribution in [1.82, 2.24) is 5.32 Å². The van der Waals surface area contributed by atoms with Crippen LogP contribution in [-0.2, 0) is 11.2 Å². The minimum Gasteiger partial charge on any atom is -0.384 e. The van der Waals surface area contributed by atoms with Crippen molar-refractivity contribution >= 4 is 23.2 Å². The van der Waals surface area contributed by atoms with Gasteiger partial charge in [0.25, 0.3) is 0 Å². The van der Waals surface area contributed by atoms with Gasteiger partial charge in [0.05, 0.1) is 0 Å². The van der Waals surface area contributed by atoms with E-state index in [2.05, 4.69) is 36.6 Å². The second kappa shape index (κ2) is 9.33. The van der Waals surface area contributed by atoms with Gasteiger partial charge in [-0.1, -0.05) is 55.8 Å². The Kier molecular flexibility index (Phi) is 7.13. The molecule has 2 rings (SSSR count). The average molecular weight is 345 g/mol. The molecule has 0 heterocycles. The summed E-state index contributed by atoms with van der Waals surface area (Å²) in [6.45, 7) is 5.60. The molecule has 0 radical (unpaired) electrons. The number of amides is 1. The van der Waals surface area contributed by atoms with Crippen molar-refractivity contribution in [2.24, 2.45) is 0 Å². The summed E-state index contributed by atoms with van der Waals surface area (Å²) in [4.78, 5) is 11.9. The molecule has 4 heteroatoms. The number of rotatable bonds is 8. The molecule has 2 aromatic carbocycles. The zero-order valence-corrected chi connectivity index (χ0v) is 15.1. The van der Waals surface area contributed by atoms with Crippen LogP contribution in [0.15, 0.2) is 48.5 Å². The van der Waals surface area contributed by atoms with Crippen LogP contribution < -0.4 is 10.6 Å². The van der Waals surface area contributed by atoms with Crippen molar-refractivity contribution in [2.45, 2.75) is 32.6 Å². The molecule has 0 atom stereocenters.